The third kappa shape index (κ3) is 2.75. The van der Waals surface area contributed by atoms with E-state index in [0.29, 0.717) is 22.3 Å². The molecule has 0 bridgehead atoms. The van der Waals surface area contributed by atoms with Crippen molar-refractivity contribution in [1.82, 2.24) is 10.3 Å². The zero-order valence-electron chi connectivity index (χ0n) is 10.8. The van der Waals surface area contributed by atoms with E-state index in [2.05, 4.69) is 10.3 Å². The number of carbonyl (C=O) groups excluding carboxylic acids is 1. The fraction of sp³-hybridized carbons (Fsp3) is 0.200. The van der Waals surface area contributed by atoms with Crippen LogP contribution in [0.15, 0.2) is 36.5 Å². The van der Waals surface area contributed by atoms with Gasteiger partial charge in [0.05, 0.1) is 22.6 Å². The van der Waals surface area contributed by atoms with Gasteiger partial charge in [-0.2, -0.15) is 0 Å². The van der Waals surface area contributed by atoms with E-state index in [4.69, 9.17) is 17.3 Å². The van der Waals surface area contributed by atoms with Gasteiger partial charge >= 0.3 is 0 Å². The number of aromatic nitrogens is 1. The monoisotopic (exact) mass is 287 g/mol. The molecule has 1 aliphatic rings. The van der Waals surface area contributed by atoms with Crippen molar-refractivity contribution >= 4 is 23.2 Å². The molecule has 1 heterocycles. The van der Waals surface area contributed by atoms with Gasteiger partial charge in [-0.15, -0.1) is 0 Å². The summed E-state index contributed by atoms with van der Waals surface area (Å²) in [6.45, 7) is 0. The van der Waals surface area contributed by atoms with E-state index in [1.54, 1.807) is 30.5 Å². The lowest BCUT2D eigenvalue weighted by molar-refractivity contribution is 0.0951. The highest BCUT2D eigenvalue weighted by molar-refractivity contribution is 6.33. The van der Waals surface area contributed by atoms with E-state index < -0.39 is 0 Å². The standard InChI is InChI=1S/C15H14ClN3O/c16-13-7-9(15(20)19-11-3-4-11)1-5-12(13)14-6-2-10(17)8-18-14/h1-2,5-8,11H,3-4,17H2,(H,19,20). The van der Waals surface area contributed by atoms with Crippen molar-refractivity contribution in [2.24, 2.45) is 0 Å². The normalized spacial score (nSPS) is 14.1. The van der Waals surface area contributed by atoms with Crippen LogP contribution in [0.5, 0.6) is 0 Å². The molecular formula is C15H14ClN3O. The molecule has 1 aromatic heterocycles. The predicted octanol–water partition coefficient (Wildman–Crippen LogP) is 2.88. The average molecular weight is 288 g/mol. The Labute approximate surface area is 122 Å². The van der Waals surface area contributed by atoms with E-state index in [9.17, 15) is 4.79 Å². The highest BCUT2D eigenvalue weighted by atomic mass is 35.5. The number of nitrogens with one attached hydrogen (secondary N) is 1. The molecule has 102 valence electrons. The maximum atomic E-state index is 11.9. The minimum absolute atomic E-state index is 0.0776. The van der Waals surface area contributed by atoms with Crippen molar-refractivity contribution < 1.29 is 4.79 Å². The minimum Gasteiger partial charge on any atom is -0.397 e. The number of carbonyl (C=O) groups is 1. The molecule has 4 nitrogen and oxygen atoms in total. The third-order valence-corrected chi connectivity index (χ3v) is 3.52. The maximum Gasteiger partial charge on any atom is 0.251 e. The molecule has 0 spiro atoms. The molecule has 0 radical (unpaired) electrons. The number of amides is 1. The third-order valence-electron chi connectivity index (χ3n) is 3.21. The molecule has 0 saturated heterocycles. The summed E-state index contributed by atoms with van der Waals surface area (Å²) in [6, 6.07) is 9.15. The summed E-state index contributed by atoms with van der Waals surface area (Å²) in [5, 5.41) is 3.44. The molecule has 3 N–H and O–H groups in total. The second kappa shape index (κ2) is 5.13. The number of nitrogens with zero attached hydrogens (tertiary/aromatic N) is 1. The first-order valence-corrected chi connectivity index (χ1v) is 6.83. The number of halogens is 1. The summed E-state index contributed by atoms with van der Waals surface area (Å²) in [4.78, 5) is 16.2. The molecule has 5 heteroatoms. The Kier molecular flexibility index (Phi) is 3.32. The van der Waals surface area contributed by atoms with E-state index >= 15 is 0 Å². The fourth-order valence-corrected chi connectivity index (χ4v) is 2.20. The molecule has 1 saturated carbocycles. The molecular weight excluding hydrogens is 274 g/mol. The number of pyridine rings is 1. The van der Waals surface area contributed by atoms with E-state index in [-0.39, 0.29) is 5.91 Å². The number of nitrogen functional groups attached to an aromatic ring is 1. The Morgan fingerprint density at radius 2 is 2.10 bits per heavy atom. The van der Waals surface area contributed by atoms with Gasteiger partial charge in [0.2, 0.25) is 0 Å². The molecule has 20 heavy (non-hydrogen) atoms. The van der Waals surface area contributed by atoms with Crippen molar-refractivity contribution in [3.8, 4) is 11.3 Å². The summed E-state index contributed by atoms with van der Waals surface area (Å²) < 4.78 is 0. The Hall–Kier alpha value is -2.07. The highest BCUT2D eigenvalue weighted by Crippen LogP contribution is 2.28. The van der Waals surface area contributed by atoms with Crippen LogP contribution in [0, 0.1) is 0 Å². The molecule has 2 aromatic rings. The second-order valence-electron chi connectivity index (χ2n) is 4.92. The largest absolute Gasteiger partial charge is 0.397 e. The van der Waals surface area contributed by atoms with Crippen molar-refractivity contribution in [3.05, 3.63) is 47.1 Å². The summed E-state index contributed by atoms with van der Waals surface area (Å²) in [5.74, 6) is -0.0776. The number of nitrogens with two attached hydrogens (primary N) is 1. The molecule has 1 aromatic carbocycles. The summed E-state index contributed by atoms with van der Waals surface area (Å²) in [6.07, 6.45) is 3.71. The highest BCUT2D eigenvalue weighted by Gasteiger charge is 2.24. The van der Waals surface area contributed by atoms with Gasteiger partial charge < -0.3 is 11.1 Å². The molecule has 1 fully saturated rings. The zero-order valence-corrected chi connectivity index (χ0v) is 11.5. The quantitative estimate of drug-likeness (QED) is 0.912. The fourth-order valence-electron chi connectivity index (χ4n) is 1.93. The first kappa shape index (κ1) is 12.9. The average Bonchev–Trinajstić information content (AvgIpc) is 3.24. The van der Waals surface area contributed by atoms with E-state index in [1.807, 2.05) is 6.07 Å². The van der Waals surface area contributed by atoms with Gasteiger partial charge in [0.15, 0.2) is 0 Å². The van der Waals surface area contributed by atoms with Crippen molar-refractivity contribution in [2.45, 2.75) is 18.9 Å². The number of rotatable bonds is 3. The van der Waals surface area contributed by atoms with Crippen LogP contribution in [0.4, 0.5) is 5.69 Å². The number of benzene rings is 1. The van der Waals surface area contributed by atoms with Gasteiger partial charge in [0, 0.05) is 17.2 Å². The van der Waals surface area contributed by atoms with Crippen LogP contribution in [-0.2, 0) is 0 Å². The lowest BCUT2D eigenvalue weighted by Gasteiger charge is -2.07. The molecule has 0 unspecified atom stereocenters. The van der Waals surface area contributed by atoms with Crippen LogP contribution in [0.1, 0.15) is 23.2 Å². The number of hydrogen-bond donors (Lipinski definition) is 2. The summed E-state index contributed by atoms with van der Waals surface area (Å²) in [7, 11) is 0. The Morgan fingerprint density at radius 1 is 1.30 bits per heavy atom. The molecule has 1 amide bonds. The lowest BCUT2D eigenvalue weighted by atomic mass is 10.1. The van der Waals surface area contributed by atoms with Gasteiger partial charge in [-0.05, 0) is 37.1 Å². The molecule has 3 rings (SSSR count). The van der Waals surface area contributed by atoms with Crippen molar-refractivity contribution in [1.29, 1.82) is 0 Å². The maximum absolute atomic E-state index is 11.9. The molecule has 0 atom stereocenters. The smallest absolute Gasteiger partial charge is 0.251 e. The van der Waals surface area contributed by atoms with Crippen LogP contribution < -0.4 is 11.1 Å². The van der Waals surface area contributed by atoms with Crippen LogP contribution in [0.25, 0.3) is 11.3 Å². The van der Waals surface area contributed by atoms with Crippen LogP contribution >= 0.6 is 11.6 Å². The first-order valence-electron chi connectivity index (χ1n) is 6.46. The number of anilines is 1. The summed E-state index contributed by atoms with van der Waals surface area (Å²) >= 11 is 6.25. The predicted molar refractivity (Wildman–Crippen MR) is 79.6 cm³/mol. The molecule has 0 aliphatic heterocycles. The molecule has 1 aliphatic carbocycles. The van der Waals surface area contributed by atoms with Gasteiger partial charge in [0.1, 0.15) is 0 Å². The Morgan fingerprint density at radius 3 is 2.70 bits per heavy atom. The van der Waals surface area contributed by atoms with Gasteiger partial charge in [-0.25, -0.2) is 0 Å². The summed E-state index contributed by atoms with van der Waals surface area (Å²) in [5.41, 5.74) is 8.30. The second-order valence-corrected chi connectivity index (χ2v) is 5.33. The SMILES string of the molecule is Nc1ccc(-c2ccc(C(=O)NC3CC3)cc2Cl)nc1. The van der Waals surface area contributed by atoms with Crippen molar-refractivity contribution in [2.75, 3.05) is 5.73 Å². The van der Waals surface area contributed by atoms with E-state index in [1.165, 1.54) is 0 Å². The first-order chi connectivity index (χ1) is 9.63. The Bertz CT molecular complexity index is 651. The Balaban J connectivity index is 1.86. The van der Waals surface area contributed by atoms with Gasteiger partial charge in [0.25, 0.3) is 5.91 Å². The van der Waals surface area contributed by atoms with Gasteiger partial charge in [-0.1, -0.05) is 17.7 Å². The van der Waals surface area contributed by atoms with Crippen LogP contribution in [0.2, 0.25) is 5.02 Å². The van der Waals surface area contributed by atoms with Crippen LogP contribution in [0.3, 0.4) is 0 Å². The van der Waals surface area contributed by atoms with Crippen molar-refractivity contribution in [3.63, 3.8) is 0 Å². The van der Waals surface area contributed by atoms with E-state index in [0.717, 1.165) is 24.1 Å². The minimum atomic E-state index is -0.0776. The number of hydrogen-bond acceptors (Lipinski definition) is 3. The van der Waals surface area contributed by atoms with Gasteiger partial charge in [-0.3, -0.25) is 9.78 Å². The topological polar surface area (TPSA) is 68.0 Å². The zero-order chi connectivity index (χ0) is 14.1. The van der Waals surface area contributed by atoms with Crippen LogP contribution in [-0.4, -0.2) is 16.9 Å². The lowest BCUT2D eigenvalue weighted by Crippen LogP contribution is -2.25.